The minimum atomic E-state index is -0.299. The number of amides is 1. The summed E-state index contributed by atoms with van der Waals surface area (Å²) in [7, 11) is 0. The van der Waals surface area contributed by atoms with Crippen molar-refractivity contribution in [2.45, 2.75) is 20.8 Å². The number of hydrogen-bond acceptors (Lipinski definition) is 3. The average Bonchev–Trinajstić information content (AvgIpc) is 2.49. The van der Waals surface area contributed by atoms with Gasteiger partial charge in [-0.1, -0.05) is 33.6 Å². The van der Waals surface area contributed by atoms with Crippen molar-refractivity contribution in [3.05, 3.63) is 63.1 Å². The molecule has 0 aliphatic carbocycles. The number of hydrazone groups is 1. The van der Waals surface area contributed by atoms with Crippen LogP contribution in [0, 0.1) is 20.8 Å². The van der Waals surface area contributed by atoms with E-state index in [9.17, 15) is 4.79 Å². The molecule has 2 rings (SSSR count). The molecule has 0 unspecified atom stereocenters. The first-order valence-electron chi connectivity index (χ1n) is 7.24. The van der Waals surface area contributed by atoms with Gasteiger partial charge in [0.2, 0.25) is 0 Å². The van der Waals surface area contributed by atoms with E-state index in [2.05, 4.69) is 45.5 Å². The maximum atomic E-state index is 11.7. The molecule has 4 nitrogen and oxygen atoms in total. The molecule has 0 atom stereocenters. The van der Waals surface area contributed by atoms with Crippen LogP contribution < -0.4 is 10.2 Å². The summed E-state index contributed by atoms with van der Waals surface area (Å²) >= 11 is 3.34. The van der Waals surface area contributed by atoms with E-state index in [1.807, 2.05) is 26.0 Å². The second-order valence-corrected chi connectivity index (χ2v) is 6.26. The number of benzene rings is 2. The van der Waals surface area contributed by atoms with Gasteiger partial charge in [-0.3, -0.25) is 4.79 Å². The summed E-state index contributed by atoms with van der Waals surface area (Å²) in [5.74, 6) is 0.337. The second kappa shape index (κ2) is 7.92. The van der Waals surface area contributed by atoms with Crippen LogP contribution in [0.15, 0.2) is 46.0 Å². The van der Waals surface area contributed by atoms with Crippen LogP contribution in [0.5, 0.6) is 5.75 Å². The molecule has 120 valence electrons. The highest BCUT2D eigenvalue weighted by Gasteiger charge is 2.03. The number of aryl methyl sites for hydroxylation is 3. The third-order valence-electron chi connectivity index (χ3n) is 3.30. The Morgan fingerprint density at radius 3 is 2.39 bits per heavy atom. The summed E-state index contributed by atoms with van der Waals surface area (Å²) in [6.45, 7) is 6.03. The number of carbonyl (C=O) groups is 1. The SMILES string of the molecule is Cc1cc(C)c(C=NNC(=O)COc2ccc(Br)cc2)c(C)c1. The fraction of sp³-hybridized carbons (Fsp3) is 0.222. The Morgan fingerprint density at radius 2 is 1.78 bits per heavy atom. The van der Waals surface area contributed by atoms with Crippen molar-refractivity contribution in [2.24, 2.45) is 5.10 Å². The molecule has 0 aromatic heterocycles. The molecule has 1 N–H and O–H groups in total. The van der Waals surface area contributed by atoms with Gasteiger partial charge in [-0.2, -0.15) is 5.10 Å². The van der Waals surface area contributed by atoms with E-state index in [-0.39, 0.29) is 12.5 Å². The third kappa shape index (κ3) is 5.21. The number of hydrogen-bond donors (Lipinski definition) is 1. The second-order valence-electron chi connectivity index (χ2n) is 5.35. The van der Waals surface area contributed by atoms with E-state index in [0.29, 0.717) is 5.75 Å². The first-order chi connectivity index (χ1) is 11.0. The fourth-order valence-electron chi connectivity index (χ4n) is 2.28. The predicted octanol–water partition coefficient (Wildman–Crippen LogP) is 3.90. The van der Waals surface area contributed by atoms with Crippen LogP contribution in [0.4, 0.5) is 0 Å². The molecule has 2 aromatic carbocycles. The molecular formula is C18H19BrN2O2. The lowest BCUT2D eigenvalue weighted by atomic mass is 10.0. The number of halogens is 1. The summed E-state index contributed by atoms with van der Waals surface area (Å²) in [6.07, 6.45) is 1.67. The van der Waals surface area contributed by atoms with Crippen molar-refractivity contribution in [2.75, 3.05) is 6.61 Å². The molecule has 0 saturated carbocycles. The molecular weight excluding hydrogens is 356 g/mol. The molecule has 5 heteroatoms. The average molecular weight is 375 g/mol. The Morgan fingerprint density at radius 1 is 1.17 bits per heavy atom. The highest BCUT2D eigenvalue weighted by atomic mass is 79.9. The predicted molar refractivity (Wildman–Crippen MR) is 96.0 cm³/mol. The third-order valence-corrected chi connectivity index (χ3v) is 3.83. The van der Waals surface area contributed by atoms with Crippen LogP contribution in [0.1, 0.15) is 22.3 Å². The Balaban J connectivity index is 1.88. The van der Waals surface area contributed by atoms with Gasteiger partial charge in [0.1, 0.15) is 5.75 Å². The summed E-state index contributed by atoms with van der Waals surface area (Å²) in [5, 5.41) is 4.01. The number of nitrogens with zero attached hydrogens (tertiary/aromatic N) is 1. The van der Waals surface area contributed by atoms with Gasteiger partial charge >= 0.3 is 0 Å². The van der Waals surface area contributed by atoms with Crippen molar-refractivity contribution in [3.8, 4) is 5.75 Å². The van der Waals surface area contributed by atoms with Crippen LogP contribution in [-0.4, -0.2) is 18.7 Å². The lowest BCUT2D eigenvalue weighted by molar-refractivity contribution is -0.123. The van der Waals surface area contributed by atoms with Gasteiger partial charge in [-0.15, -0.1) is 0 Å². The van der Waals surface area contributed by atoms with Gasteiger partial charge < -0.3 is 4.74 Å². The topological polar surface area (TPSA) is 50.7 Å². The lowest BCUT2D eigenvalue weighted by Crippen LogP contribution is -2.24. The van der Waals surface area contributed by atoms with Gasteiger partial charge in [0.25, 0.3) is 5.91 Å². The summed E-state index contributed by atoms with van der Waals surface area (Å²) in [4.78, 5) is 11.7. The molecule has 0 aliphatic heterocycles. The van der Waals surface area contributed by atoms with Gasteiger partial charge in [0, 0.05) is 10.0 Å². The first kappa shape index (κ1) is 17.2. The molecule has 0 spiro atoms. The van der Waals surface area contributed by atoms with Crippen molar-refractivity contribution in [1.82, 2.24) is 5.43 Å². The molecule has 23 heavy (non-hydrogen) atoms. The zero-order valence-corrected chi connectivity index (χ0v) is 15.0. The zero-order chi connectivity index (χ0) is 16.8. The van der Waals surface area contributed by atoms with Crippen LogP contribution in [0.2, 0.25) is 0 Å². The van der Waals surface area contributed by atoms with E-state index in [0.717, 1.165) is 21.2 Å². The number of rotatable bonds is 5. The van der Waals surface area contributed by atoms with E-state index in [1.165, 1.54) is 5.56 Å². The highest BCUT2D eigenvalue weighted by Crippen LogP contribution is 2.16. The van der Waals surface area contributed by atoms with Gasteiger partial charge in [0.05, 0.1) is 6.21 Å². The Bertz CT molecular complexity index is 701. The van der Waals surface area contributed by atoms with Gasteiger partial charge in [-0.05, 0) is 56.2 Å². The molecule has 0 bridgehead atoms. The zero-order valence-electron chi connectivity index (χ0n) is 13.4. The van der Waals surface area contributed by atoms with E-state index in [4.69, 9.17) is 4.74 Å². The smallest absolute Gasteiger partial charge is 0.277 e. The van der Waals surface area contributed by atoms with E-state index < -0.39 is 0 Å². The maximum absolute atomic E-state index is 11.7. The molecule has 0 saturated heterocycles. The van der Waals surface area contributed by atoms with E-state index in [1.54, 1.807) is 18.3 Å². The summed E-state index contributed by atoms with van der Waals surface area (Å²) < 4.78 is 6.34. The minimum Gasteiger partial charge on any atom is -0.484 e. The van der Waals surface area contributed by atoms with Crippen LogP contribution in [0.3, 0.4) is 0 Å². The lowest BCUT2D eigenvalue weighted by Gasteiger charge is -2.07. The van der Waals surface area contributed by atoms with Crippen molar-refractivity contribution < 1.29 is 9.53 Å². The monoisotopic (exact) mass is 374 g/mol. The van der Waals surface area contributed by atoms with E-state index >= 15 is 0 Å². The Labute approximate surface area is 144 Å². The number of nitrogens with one attached hydrogen (secondary N) is 1. The summed E-state index contributed by atoms with van der Waals surface area (Å²) in [5.41, 5.74) is 6.97. The Hall–Kier alpha value is -2.14. The Kier molecular flexibility index (Phi) is 5.93. The van der Waals surface area contributed by atoms with Gasteiger partial charge in [-0.25, -0.2) is 5.43 Å². The molecule has 0 radical (unpaired) electrons. The van der Waals surface area contributed by atoms with Crippen LogP contribution in [0.25, 0.3) is 0 Å². The molecule has 1 amide bonds. The summed E-state index contributed by atoms with van der Waals surface area (Å²) in [6, 6.07) is 11.5. The van der Waals surface area contributed by atoms with Crippen LogP contribution in [-0.2, 0) is 4.79 Å². The van der Waals surface area contributed by atoms with Crippen LogP contribution >= 0.6 is 15.9 Å². The van der Waals surface area contributed by atoms with Gasteiger partial charge in [0.15, 0.2) is 6.61 Å². The van der Waals surface area contributed by atoms with Crippen molar-refractivity contribution >= 4 is 28.1 Å². The minimum absolute atomic E-state index is 0.0785. The molecule has 0 aliphatic rings. The van der Waals surface area contributed by atoms with Crippen molar-refractivity contribution in [1.29, 1.82) is 0 Å². The normalized spacial score (nSPS) is 10.8. The fourth-order valence-corrected chi connectivity index (χ4v) is 2.54. The number of carbonyl (C=O) groups excluding carboxylic acids is 1. The molecule has 0 fully saturated rings. The largest absolute Gasteiger partial charge is 0.484 e. The first-order valence-corrected chi connectivity index (χ1v) is 8.03. The standard InChI is InChI=1S/C18H19BrN2O2/c1-12-8-13(2)17(14(3)9-12)10-20-21-18(22)11-23-16-6-4-15(19)5-7-16/h4-10H,11H2,1-3H3,(H,21,22). The van der Waals surface area contributed by atoms with Crippen molar-refractivity contribution in [3.63, 3.8) is 0 Å². The molecule has 0 heterocycles. The maximum Gasteiger partial charge on any atom is 0.277 e. The number of ether oxygens (including phenoxy) is 1. The highest BCUT2D eigenvalue weighted by molar-refractivity contribution is 9.10. The molecule has 2 aromatic rings. The quantitative estimate of drug-likeness (QED) is 0.637.